The SMILES string of the molecule is O=C(c1ccc(Br)cc1)N1CC(N2CCCCC2)C1. The summed E-state index contributed by atoms with van der Waals surface area (Å²) in [7, 11) is 0. The number of hydrogen-bond acceptors (Lipinski definition) is 2. The number of nitrogens with zero attached hydrogens (tertiary/aromatic N) is 2. The lowest BCUT2D eigenvalue weighted by Gasteiger charge is -2.46. The van der Waals surface area contributed by atoms with Crippen LogP contribution in [0, 0.1) is 0 Å². The molecule has 4 heteroatoms. The van der Waals surface area contributed by atoms with E-state index in [4.69, 9.17) is 0 Å². The normalized spacial score (nSPS) is 21.2. The largest absolute Gasteiger partial charge is 0.335 e. The second-order valence-electron chi connectivity index (χ2n) is 5.47. The van der Waals surface area contributed by atoms with E-state index in [1.807, 2.05) is 29.2 Å². The molecule has 1 aromatic carbocycles. The Balaban J connectivity index is 1.55. The zero-order chi connectivity index (χ0) is 13.2. The molecule has 0 aromatic heterocycles. The maximum atomic E-state index is 12.3. The van der Waals surface area contributed by atoms with Crippen LogP contribution in [0.5, 0.6) is 0 Å². The van der Waals surface area contributed by atoms with E-state index in [-0.39, 0.29) is 5.91 Å². The highest BCUT2D eigenvalue weighted by Gasteiger charge is 2.35. The molecule has 3 nitrogen and oxygen atoms in total. The van der Waals surface area contributed by atoms with E-state index in [2.05, 4.69) is 20.8 Å². The second-order valence-corrected chi connectivity index (χ2v) is 6.38. The van der Waals surface area contributed by atoms with Gasteiger partial charge < -0.3 is 4.90 Å². The minimum atomic E-state index is 0.167. The van der Waals surface area contributed by atoms with Crippen molar-refractivity contribution in [3.8, 4) is 0 Å². The fourth-order valence-electron chi connectivity index (χ4n) is 2.91. The molecule has 1 amide bonds. The second kappa shape index (κ2) is 5.63. The van der Waals surface area contributed by atoms with Crippen LogP contribution in [0.2, 0.25) is 0 Å². The van der Waals surface area contributed by atoms with E-state index in [9.17, 15) is 4.79 Å². The van der Waals surface area contributed by atoms with Crippen LogP contribution in [0.1, 0.15) is 29.6 Å². The van der Waals surface area contributed by atoms with E-state index in [1.165, 1.54) is 32.4 Å². The number of halogens is 1. The number of piperidine rings is 1. The Morgan fingerprint density at radius 2 is 1.68 bits per heavy atom. The van der Waals surface area contributed by atoms with E-state index in [1.54, 1.807) is 0 Å². The van der Waals surface area contributed by atoms with Crippen LogP contribution in [0.15, 0.2) is 28.7 Å². The van der Waals surface area contributed by atoms with Gasteiger partial charge in [-0.1, -0.05) is 22.4 Å². The third-order valence-electron chi connectivity index (χ3n) is 4.15. The van der Waals surface area contributed by atoms with Gasteiger partial charge in [-0.05, 0) is 50.2 Å². The van der Waals surface area contributed by atoms with Crippen molar-refractivity contribution in [2.45, 2.75) is 25.3 Å². The molecule has 3 rings (SSSR count). The van der Waals surface area contributed by atoms with E-state index in [0.29, 0.717) is 6.04 Å². The minimum Gasteiger partial charge on any atom is -0.335 e. The molecule has 0 saturated carbocycles. The highest BCUT2D eigenvalue weighted by atomic mass is 79.9. The van der Waals surface area contributed by atoms with Crippen molar-refractivity contribution in [3.63, 3.8) is 0 Å². The Bertz CT molecular complexity index is 448. The molecule has 19 heavy (non-hydrogen) atoms. The smallest absolute Gasteiger partial charge is 0.253 e. The van der Waals surface area contributed by atoms with Gasteiger partial charge in [0.2, 0.25) is 0 Å². The summed E-state index contributed by atoms with van der Waals surface area (Å²) in [5, 5.41) is 0. The van der Waals surface area contributed by atoms with Crippen LogP contribution in [-0.2, 0) is 0 Å². The summed E-state index contributed by atoms with van der Waals surface area (Å²) >= 11 is 3.39. The number of benzene rings is 1. The van der Waals surface area contributed by atoms with Crippen molar-refractivity contribution in [1.29, 1.82) is 0 Å². The number of rotatable bonds is 2. The number of hydrogen-bond donors (Lipinski definition) is 0. The fourth-order valence-corrected chi connectivity index (χ4v) is 3.17. The van der Waals surface area contributed by atoms with Crippen molar-refractivity contribution in [2.24, 2.45) is 0 Å². The maximum Gasteiger partial charge on any atom is 0.253 e. The van der Waals surface area contributed by atoms with Crippen molar-refractivity contribution in [1.82, 2.24) is 9.80 Å². The molecule has 0 spiro atoms. The molecular weight excluding hydrogens is 304 g/mol. The Hall–Kier alpha value is -0.870. The van der Waals surface area contributed by atoms with Gasteiger partial charge in [-0.25, -0.2) is 0 Å². The van der Waals surface area contributed by atoms with Crippen LogP contribution in [0.4, 0.5) is 0 Å². The van der Waals surface area contributed by atoms with Gasteiger partial charge in [-0.2, -0.15) is 0 Å². The van der Waals surface area contributed by atoms with Crippen molar-refractivity contribution < 1.29 is 4.79 Å². The standard InChI is InChI=1S/C15H19BrN2O/c16-13-6-4-12(5-7-13)15(19)18-10-14(11-18)17-8-2-1-3-9-17/h4-7,14H,1-3,8-11H2. The van der Waals surface area contributed by atoms with Crippen LogP contribution in [-0.4, -0.2) is 47.9 Å². The lowest BCUT2D eigenvalue weighted by Crippen LogP contribution is -2.61. The predicted octanol–water partition coefficient (Wildman–Crippen LogP) is 2.76. The zero-order valence-electron chi connectivity index (χ0n) is 11.0. The Morgan fingerprint density at radius 3 is 2.32 bits per heavy atom. The Labute approximate surface area is 122 Å². The molecule has 2 aliphatic rings. The Morgan fingerprint density at radius 1 is 1.05 bits per heavy atom. The molecule has 2 saturated heterocycles. The van der Waals surface area contributed by atoms with Crippen LogP contribution >= 0.6 is 15.9 Å². The van der Waals surface area contributed by atoms with Gasteiger partial charge >= 0.3 is 0 Å². The number of amides is 1. The fraction of sp³-hybridized carbons (Fsp3) is 0.533. The third-order valence-corrected chi connectivity index (χ3v) is 4.68. The summed E-state index contributed by atoms with van der Waals surface area (Å²) in [4.78, 5) is 16.8. The quantitative estimate of drug-likeness (QED) is 0.836. The first-order valence-electron chi connectivity index (χ1n) is 7.03. The average Bonchev–Trinajstić information content (AvgIpc) is 2.39. The molecule has 0 bridgehead atoms. The average molecular weight is 323 g/mol. The van der Waals surface area contributed by atoms with Gasteiger partial charge in [-0.3, -0.25) is 9.69 Å². The summed E-state index contributed by atoms with van der Waals surface area (Å²) in [6.07, 6.45) is 4.00. The topological polar surface area (TPSA) is 23.6 Å². The van der Waals surface area contributed by atoms with E-state index >= 15 is 0 Å². The van der Waals surface area contributed by atoms with Crippen LogP contribution in [0.3, 0.4) is 0 Å². The van der Waals surface area contributed by atoms with Crippen LogP contribution in [0.25, 0.3) is 0 Å². The molecule has 2 aliphatic heterocycles. The molecule has 0 aliphatic carbocycles. The van der Waals surface area contributed by atoms with E-state index < -0.39 is 0 Å². The summed E-state index contributed by atoms with van der Waals surface area (Å²) in [6.45, 7) is 4.22. The lowest BCUT2D eigenvalue weighted by atomic mass is 10.0. The van der Waals surface area contributed by atoms with E-state index in [0.717, 1.165) is 23.1 Å². The first kappa shape index (κ1) is 13.1. The van der Waals surface area contributed by atoms with Crippen molar-refractivity contribution in [3.05, 3.63) is 34.3 Å². The molecule has 1 aromatic rings. The molecule has 0 radical (unpaired) electrons. The lowest BCUT2D eigenvalue weighted by molar-refractivity contribution is 0.0203. The molecule has 0 atom stereocenters. The highest BCUT2D eigenvalue weighted by molar-refractivity contribution is 9.10. The number of likely N-dealkylation sites (tertiary alicyclic amines) is 2. The van der Waals surface area contributed by atoms with Gasteiger partial charge in [0.05, 0.1) is 0 Å². The molecule has 102 valence electrons. The van der Waals surface area contributed by atoms with Crippen LogP contribution < -0.4 is 0 Å². The van der Waals surface area contributed by atoms with Crippen molar-refractivity contribution >= 4 is 21.8 Å². The molecule has 2 heterocycles. The van der Waals surface area contributed by atoms with Gasteiger partial charge in [-0.15, -0.1) is 0 Å². The third kappa shape index (κ3) is 2.84. The monoisotopic (exact) mass is 322 g/mol. The number of carbonyl (C=O) groups is 1. The molecule has 2 fully saturated rings. The first-order valence-corrected chi connectivity index (χ1v) is 7.82. The summed E-state index contributed by atoms with van der Waals surface area (Å²) in [5.41, 5.74) is 0.792. The summed E-state index contributed by atoms with van der Waals surface area (Å²) in [5.74, 6) is 0.167. The van der Waals surface area contributed by atoms with Gasteiger partial charge in [0.25, 0.3) is 5.91 Å². The predicted molar refractivity (Wildman–Crippen MR) is 79.3 cm³/mol. The molecule has 0 unspecified atom stereocenters. The van der Waals surface area contributed by atoms with Crippen molar-refractivity contribution in [2.75, 3.05) is 26.2 Å². The number of carbonyl (C=O) groups excluding carboxylic acids is 1. The van der Waals surface area contributed by atoms with Gasteiger partial charge in [0, 0.05) is 29.2 Å². The van der Waals surface area contributed by atoms with Gasteiger partial charge in [0.1, 0.15) is 0 Å². The Kier molecular flexibility index (Phi) is 3.89. The highest BCUT2D eigenvalue weighted by Crippen LogP contribution is 2.22. The maximum absolute atomic E-state index is 12.3. The molecule has 0 N–H and O–H groups in total. The zero-order valence-corrected chi connectivity index (χ0v) is 12.6. The summed E-state index contributed by atoms with van der Waals surface area (Å²) in [6, 6.07) is 8.23. The molecular formula is C15H19BrN2O. The first-order chi connectivity index (χ1) is 9.24. The summed E-state index contributed by atoms with van der Waals surface area (Å²) < 4.78 is 1.01. The van der Waals surface area contributed by atoms with Gasteiger partial charge in [0.15, 0.2) is 0 Å². The minimum absolute atomic E-state index is 0.167.